The number of hydrogen-bond donors (Lipinski definition) is 2. The summed E-state index contributed by atoms with van der Waals surface area (Å²) >= 11 is 0. The van der Waals surface area contributed by atoms with Gasteiger partial charge in [0.2, 0.25) is 0 Å². The third-order valence-electron chi connectivity index (χ3n) is 3.99. The largest absolute Gasteiger partial charge is 0.496 e. The lowest BCUT2D eigenvalue weighted by Crippen LogP contribution is -2.28. The molecule has 0 saturated heterocycles. The summed E-state index contributed by atoms with van der Waals surface area (Å²) in [6, 6.07) is 13.6. The van der Waals surface area contributed by atoms with Gasteiger partial charge in [0.15, 0.2) is 0 Å². The highest BCUT2D eigenvalue weighted by atomic mass is 16.5. The van der Waals surface area contributed by atoms with Crippen molar-refractivity contribution in [2.45, 2.75) is 39.7 Å². The van der Waals surface area contributed by atoms with Gasteiger partial charge in [0.25, 0.3) is 0 Å². The van der Waals surface area contributed by atoms with E-state index in [9.17, 15) is 4.79 Å². The Kier molecular flexibility index (Phi) is 6.67. The molecule has 24 heavy (non-hydrogen) atoms. The minimum absolute atomic E-state index is 0.217. The fourth-order valence-electron chi connectivity index (χ4n) is 2.59. The second-order valence-corrected chi connectivity index (χ2v) is 5.87. The Labute approximate surface area is 144 Å². The number of nitrogens with one attached hydrogen (secondary N) is 2. The van der Waals surface area contributed by atoms with Crippen LogP contribution < -0.4 is 15.4 Å². The van der Waals surface area contributed by atoms with E-state index in [4.69, 9.17) is 4.74 Å². The predicted octanol–water partition coefficient (Wildman–Crippen LogP) is 4.67. The second-order valence-electron chi connectivity index (χ2n) is 5.87. The molecular weight excluding hydrogens is 300 g/mol. The first kappa shape index (κ1) is 17.9. The van der Waals surface area contributed by atoms with Gasteiger partial charge in [0.05, 0.1) is 7.11 Å². The van der Waals surface area contributed by atoms with Crippen LogP contribution in [-0.4, -0.2) is 13.1 Å². The van der Waals surface area contributed by atoms with Crippen molar-refractivity contribution >= 4 is 11.7 Å². The smallest absolute Gasteiger partial charge is 0.319 e. The van der Waals surface area contributed by atoms with Crippen molar-refractivity contribution in [1.29, 1.82) is 0 Å². The van der Waals surface area contributed by atoms with Crippen LogP contribution in [0.4, 0.5) is 10.5 Å². The molecule has 0 bridgehead atoms. The molecule has 0 heterocycles. The number of benzene rings is 2. The molecule has 0 aromatic heterocycles. The Morgan fingerprint density at radius 2 is 1.96 bits per heavy atom. The normalized spacial score (nSPS) is 10.3. The van der Waals surface area contributed by atoms with Crippen molar-refractivity contribution < 1.29 is 9.53 Å². The van der Waals surface area contributed by atoms with E-state index in [0.29, 0.717) is 6.54 Å². The van der Waals surface area contributed by atoms with Gasteiger partial charge in [-0.25, -0.2) is 4.79 Å². The fraction of sp³-hybridized carbons (Fsp3) is 0.350. The van der Waals surface area contributed by atoms with Gasteiger partial charge in [0.1, 0.15) is 5.75 Å². The molecule has 0 fully saturated rings. The van der Waals surface area contributed by atoms with E-state index >= 15 is 0 Å². The summed E-state index contributed by atoms with van der Waals surface area (Å²) in [6.07, 6.45) is 3.45. The molecule has 0 spiro atoms. The third-order valence-corrected chi connectivity index (χ3v) is 3.99. The summed E-state index contributed by atoms with van der Waals surface area (Å²) in [4.78, 5) is 12.1. The highest BCUT2D eigenvalue weighted by molar-refractivity contribution is 5.90. The summed E-state index contributed by atoms with van der Waals surface area (Å²) in [5, 5.41) is 5.78. The summed E-state index contributed by atoms with van der Waals surface area (Å²) in [5.41, 5.74) is 4.18. The van der Waals surface area contributed by atoms with Crippen LogP contribution in [0.25, 0.3) is 0 Å². The Morgan fingerprint density at radius 3 is 2.67 bits per heavy atom. The van der Waals surface area contributed by atoms with E-state index in [1.54, 1.807) is 7.11 Å². The molecule has 0 aliphatic heterocycles. The lowest BCUT2D eigenvalue weighted by atomic mass is 10.0. The van der Waals surface area contributed by atoms with Crippen LogP contribution in [0.5, 0.6) is 5.75 Å². The van der Waals surface area contributed by atoms with Gasteiger partial charge in [-0.1, -0.05) is 43.7 Å². The maximum atomic E-state index is 12.1. The van der Waals surface area contributed by atoms with E-state index in [1.165, 1.54) is 18.4 Å². The van der Waals surface area contributed by atoms with E-state index < -0.39 is 0 Å². The number of aryl methyl sites for hydroxylation is 2. The molecule has 4 heteroatoms. The fourth-order valence-corrected chi connectivity index (χ4v) is 2.59. The monoisotopic (exact) mass is 326 g/mol. The lowest BCUT2D eigenvalue weighted by Gasteiger charge is -2.12. The molecule has 0 aliphatic rings. The Balaban J connectivity index is 1.92. The predicted molar refractivity (Wildman–Crippen MR) is 98.6 cm³/mol. The second kappa shape index (κ2) is 8.96. The molecule has 0 radical (unpaired) electrons. The third kappa shape index (κ3) is 5.01. The van der Waals surface area contributed by atoms with Crippen LogP contribution in [0, 0.1) is 6.92 Å². The molecule has 0 unspecified atom stereocenters. The lowest BCUT2D eigenvalue weighted by molar-refractivity contribution is 0.251. The van der Waals surface area contributed by atoms with Crippen LogP contribution >= 0.6 is 0 Å². The maximum Gasteiger partial charge on any atom is 0.319 e. The van der Waals surface area contributed by atoms with E-state index in [1.807, 2.05) is 37.3 Å². The summed E-state index contributed by atoms with van der Waals surface area (Å²) in [6.45, 7) is 4.63. The summed E-state index contributed by atoms with van der Waals surface area (Å²) in [5.74, 6) is 0.772. The van der Waals surface area contributed by atoms with Gasteiger partial charge >= 0.3 is 6.03 Å². The number of carbonyl (C=O) groups excluding carboxylic acids is 1. The number of rotatable bonds is 7. The van der Waals surface area contributed by atoms with Crippen molar-refractivity contribution in [2.24, 2.45) is 0 Å². The zero-order valence-corrected chi connectivity index (χ0v) is 14.7. The van der Waals surface area contributed by atoms with E-state index in [0.717, 1.165) is 29.0 Å². The Hall–Kier alpha value is -2.49. The molecular formula is C20H26N2O2. The standard InChI is InChI=1S/C20H26N2O2/c1-4-5-8-16-11-12-18(15(2)13-16)22-20(23)21-14-17-9-6-7-10-19(17)24-3/h6-7,9-13H,4-5,8,14H2,1-3H3,(H2,21,22,23). The Morgan fingerprint density at radius 1 is 1.17 bits per heavy atom. The first-order valence-corrected chi connectivity index (χ1v) is 8.40. The SMILES string of the molecule is CCCCc1ccc(NC(=O)NCc2ccccc2OC)c(C)c1. The van der Waals surface area contributed by atoms with Crippen LogP contribution in [0.15, 0.2) is 42.5 Å². The molecule has 0 aliphatic carbocycles. The first-order valence-electron chi connectivity index (χ1n) is 8.40. The number of para-hydroxylation sites is 1. The number of amides is 2. The quantitative estimate of drug-likeness (QED) is 0.777. The summed E-state index contributed by atoms with van der Waals surface area (Å²) in [7, 11) is 1.63. The van der Waals surface area contributed by atoms with Gasteiger partial charge in [-0.3, -0.25) is 0 Å². The van der Waals surface area contributed by atoms with Crippen molar-refractivity contribution in [2.75, 3.05) is 12.4 Å². The number of hydrogen-bond acceptors (Lipinski definition) is 2. The van der Waals surface area contributed by atoms with Crippen LogP contribution in [0.2, 0.25) is 0 Å². The molecule has 2 amide bonds. The van der Waals surface area contributed by atoms with E-state index in [-0.39, 0.29) is 6.03 Å². The number of anilines is 1. The molecule has 2 aromatic carbocycles. The minimum Gasteiger partial charge on any atom is -0.496 e. The number of methoxy groups -OCH3 is 1. The molecule has 0 saturated carbocycles. The number of ether oxygens (including phenoxy) is 1. The molecule has 2 aromatic rings. The first-order chi connectivity index (χ1) is 11.6. The van der Waals surface area contributed by atoms with Crippen LogP contribution in [0.1, 0.15) is 36.5 Å². The Bertz CT molecular complexity index is 683. The maximum absolute atomic E-state index is 12.1. The van der Waals surface area contributed by atoms with E-state index in [2.05, 4.69) is 29.7 Å². The molecule has 2 N–H and O–H groups in total. The number of urea groups is 1. The van der Waals surface area contributed by atoms with Gasteiger partial charge < -0.3 is 15.4 Å². The molecule has 4 nitrogen and oxygen atoms in total. The van der Waals surface area contributed by atoms with Gasteiger partial charge in [-0.2, -0.15) is 0 Å². The van der Waals surface area contributed by atoms with Crippen molar-refractivity contribution in [3.63, 3.8) is 0 Å². The average molecular weight is 326 g/mol. The van der Waals surface area contributed by atoms with Crippen molar-refractivity contribution in [1.82, 2.24) is 5.32 Å². The average Bonchev–Trinajstić information content (AvgIpc) is 2.60. The van der Waals surface area contributed by atoms with Gasteiger partial charge in [0, 0.05) is 17.8 Å². The van der Waals surface area contributed by atoms with Crippen LogP contribution in [-0.2, 0) is 13.0 Å². The van der Waals surface area contributed by atoms with Crippen molar-refractivity contribution in [3.05, 3.63) is 59.2 Å². The highest BCUT2D eigenvalue weighted by Gasteiger charge is 2.07. The van der Waals surface area contributed by atoms with Crippen LogP contribution in [0.3, 0.4) is 0 Å². The zero-order valence-electron chi connectivity index (χ0n) is 14.7. The molecule has 128 valence electrons. The zero-order chi connectivity index (χ0) is 17.4. The number of unbranched alkanes of at least 4 members (excludes halogenated alkanes) is 1. The minimum atomic E-state index is -0.217. The summed E-state index contributed by atoms with van der Waals surface area (Å²) < 4.78 is 5.29. The van der Waals surface area contributed by atoms with Gasteiger partial charge in [-0.15, -0.1) is 0 Å². The van der Waals surface area contributed by atoms with Crippen molar-refractivity contribution in [3.8, 4) is 5.75 Å². The van der Waals surface area contributed by atoms with Gasteiger partial charge in [-0.05, 0) is 43.0 Å². The number of carbonyl (C=O) groups is 1. The molecule has 2 rings (SSSR count). The topological polar surface area (TPSA) is 50.4 Å². The molecule has 0 atom stereocenters. The highest BCUT2D eigenvalue weighted by Crippen LogP contribution is 2.19.